The maximum absolute atomic E-state index is 4.54. The highest BCUT2D eigenvalue weighted by atomic mass is 15.2. The van der Waals surface area contributed by atoms with Gasteiger partial charge in [-0.15, -0.1) is 0 Å². The van der Waals surface area contributed by atoms with Gasteiger partial charge in [-0.2, -0.15) is 0 Å². The fourth-order valence-electron chi connectivity index (χ4n) is 3.21. The molecule has 0 saturated carbocycles. The summed E-state index contributed by atoms with van der Waals surface area (Å²) in [5, 5.41) is 3.45. The Labute approximate surface area is 145 Å². The summed E-state index contributed by atoms with van der Waals surface area (Å²) >= 11 is 0. The number of likely N-dealkylation sites (N-methyl/N-ethyl adjacent to an activating group) is 1. The second-order valence-electron chi connectivity index (χ2n) is 6.35. The molecule has 0 aliphatic carbocycles. The first kappa shape index (κ1) is 16.9. The van der Waals surface area contributed by atoms with E-state index in [1.807, 2.05) is 12.3 Å². The first-order valence-electron chi connectivity index (χ1n) is 9.05. The normalized spacial score (nSPS) is 16.7. The van der Waals surface area contributed by atoms with Gasteiger partial charge >= 0.3 is 0 Å². The third-order valence-corrected chi connectivity index (χ3v) is 4.73. The van der Waals surface area contributed by atoms with Gasteiger partial charge in [0.15, 0.2) is 0 Å². The highest BCUT2D eigenvalue weighted by molar-refractivity contribution is 5.63. The average Bonchev–Trinajstić information content (AvgIpc) is 2.88. The summed E-state index contributed by atoms with van der Waals surface area (Å²) in [5.41, 5.74) is 2.37. The molecule has 1 N–H and O–H groups in total. The van der Waals surface area contributed by atoms with E-state index in [0.29, 0.717) is 0 Å². The van der Waals surface area contributed by atoms with Gasteiger partial charge in [0, 0.05) is 37.9 Å². The van der Waals surface area contributed by atoms with Crippen molar-refractivity contribution in [3.8, 4) is 11.1 Å². The summed E-state index contributed by atoms with van der Waals surface area (Å²) in [6.07, 6.45) is 3.22. The Morgan fingerprint density at radius 3 is 2.46 bits per heavy atom. The molecule has 0 bridgehead atoms. The second kappa shape index (κ2) is 8.81. The Kier molecular flexibility index (Phi) is 6.21. The molecule has 1 aromatic carbocycles. The van der Waals surface area contributed by atoms with E-state index in [-0.39, 0.29) is 0 Å². The van der Waals surface area contributed by atoms with Crippen molar-refractivity contribution in [3.63, 3.8) is 0 Å². The molecular weight excluding hydrogens is 296 g/mol. The van der Waals surface area contributed by atoms with Crippen molar-refractivity contribution < 1.29 is 0 Å². The molecule has 1 aromatic heterocycles. The molecule has 0 radical (unpaired) electrons. The third kappa shape index (κ3) is 4.79. The monoisotopic (exact) mass is 324 g/mol. The summed E-state index contributed by atoms with van der Waals surface area (Å²) < 4.78 is 0. The topological polar surface area (TPSA) is 31.4 Å². The van der Waals surface area contributed by atoms with Gasteiger partial charge in [-0.1, -0.05) is 37.3 Å². The summed E-state index contributed by atoms with van der Waals surface area (Å²) in [6.45, 7) is 10.3. The van der Waals surface area contributed by atoms with Crippen molar-refractivity contribution in [1.29, 1.82) is 0 Å². The SMILES string of the molecule is CCN1CCCN(CCNc2ccc(-c3ccccc3)cn2)CC1. The Morgan fingerprint density at radius 2 is 1.71 bits per heavy atom. The van der Waals surface area contributed by atoms with Crippen molar-refractivity contribution in [2.75, 3.05) is 51.1 Å². The molecule has 4 heteroatoms. The zero-order valence-corrected chi connectivity index (χ0v) is 14.6. The molecule has 3 rings (SSSR count). The van der Waals surface area contributed by atoms with Crippen LogP contribution in [0.25, 0.3) is 11.1 Å². The number of anilines is 1. The van der Waals surface area contributed by atoms with Crippen molar-refractivity contribution in [2.24, 2.45) is 0 Å². The number of hydrogen-bond acceptors (Lipinski definition) is 4. The molecule has 1 aliphatic heterocycles. The molecule has 1 saturated heterocycles. The van der Waals surface area contributed by atoms with Crippen molar-refractivity contribution in [2.45, 2.75) is 13.3 Å². The molecular formula is C20H28N4. The van der Waals surface area contributed by atoms with Crippen LogP contribution in [0.15, 0.2) is 48.7 Å². The zero-order chi connectivity index (χ0) is 16.6. The van der Waals surface area contributed by atoms with E-state index in [2.05, 4.69) is 63.4 Å². The standard InChI is InChI=1S/C20H28N4/c1-2-23-12-6-13-24(16-15-23)14-11-21-20-10-9-19(17-22-20)18-7-4-3-5-8-18/h3-5,7-10,17H,2,6,11-16H2,1H3,(H,21,22). The van der Waals surface area contributed by atoms with Crippen LogP contribution in [0, 0.1) is 0 Å². The van der Waals surface area contributed by atoms with E-state index >= 15 is 0 Å². The van der Waals surface area contributed by atoms with E-state index in [1.165, 1.54) is 44.7 Å². The van der Waals surface area contributed by atoms with Crippen LogP contribution >= 0.6 is 0 Å². The molecule has 2 heterocycles. The first-order chi connectivity index (χ1) is 11.8. The number of nitrogens with zero attached hydrogens (tertiary/aromatic N) is 3. The van der Waals surface area contributed by atoms with Crippen LogP contribution in [0.3, 0.4) is 0 Å². The van der Waals surface area contributed by atoms with Gasteiger partial charge in [0.05, 0.1) is 0 Å². The Hall–Kier alpha value is -1.91. The maximum atomic E-state index is 4.54. The lowest BCUT2D eigenvalue weighted by Gasteiger charge is -2.21. The summed E-state index contributed by atoms with van der Waals surface area (Å²) in [6, 6.07) is 14.6. The molecule has 24 heavy (non-hydrogen) atoms. The largest absolute Gasteiger partial charge is 0.369 e. The predicted molar refractivity (Wildman–Crippen MR) is 101 cm³/mol. The minimum atomic E-state index is 0.948. The number of pyridine rings is 1. The fourth-order valence-corrected chi connectivity index (χ4v) is 3.21. The zero-order valence-electron chi connectivity index (χ0n) is 14.6. The summed E-state index contributed by atoms with van der Waals surface area (Å²) in [4.78, 5) is 9.64. The van der Waals surface area contributed by atoms with Gasteiger partial charge in [0.2, 0.25) is 0 Å². The van der Waals surface area contributed by atoms with E-state index in [1.54, 1.807) is 0 Å². The Morgan fingerprint density at radius 1 is 0.917 bits per heavy atom. The van der Waals surface area contributed by atoms with Gasteiger partial charge in [-0.25, -0.2) is 4.98 Å². The van der Waals surface area contributed by atoms with E-state index in [4.69, 9.17) is 0 Å². The van der Waals surface area contributed by atoms with Gasteiger partial charge in [-0.05, 0) is 43.8 Å². The average molecular weight is 324 g/mol. The molecule has 1 fully saturated rings. The number of nitrogens with one attached hydrogen (secondary N) is 1. The van der Waals surface area contributed by atoms with Crippen molar-refractivity contribution in [3.05, 3.63) is 48.7 Å². The number of hydrogen-bond donors (Lipinski definition) is 1. The van der Waals surface area contributed by atoms with Gasteiger partial charge in [0.25, 0.3) is 0 Å². The maximum Gasteiger partial charge on any atom is 0.125 e. The highest BCUT2D eigenvalue weighted by Gasteiger charge is 2.12. The molecule has 0 amide bonds. The molecule has 128 valence electrons. The van der Waals surface area contributed by atoms with Gasteiger partial charge < -0.3 is 15.1 Å². The predicted octanol–water partition coefficient (Wildman–Crippen LogP) is 3.19. The fraction of sp³-hybridized carbons (Fsp3) is 0.450. The lowest BCUT2D eigenvalue weighted by molar-refractivity contribution is 0.269. The first-order valence-corrected chi connectivity index (χ1v) is 9.05. The van der Waals surface area contributed by atoms with Crippen molar-refractivity contribution in [1.82, 2.24) is 14.8 Å². The van der Waals surface area contributed by atoms with E-state index in [0.717, 1.165) is 24.5 Å². The van der Waals surface area contributed by atoms with Crippen LogP contribution in [-0.2, 0) is 0 Å². The Balaban J connectivity index is 1.45. The second-order valence-corrected chi connectivity index (χ2v) is 6.35. The molecule has 2 aromatic rings. The van der Waals surface area contributed by atoms with Crippen LogP contribution in [0.1, 0.15) is 13.3 Å². The third-order valence-electron chi connectivity index (χ3n) is 4.73. The molecule has 1 aliphatic rings. The highest BCUT2D eigenvalue weighted by Crippen LogP contribution is 2.18. The lowest BCUT2D eigenvalue weighted by atomic mass is 10.1. The van der Waals surface area contributed by atoms with Gasteiger partial charge in [0.1, 0.15) is 5.82 Å². The summed E-state index contributed by atoms with van der Waals surface area (Å²) in [5.74, 6) is 0.958. The smallest absolute Gasteiger partial charge is 0.125 e. The molecule has 4 nitrogen and oxygen atoms in total. The van der Waals surface area contributed by atoms with Crippen LogP contribution in [0.2, 0.25) is 0 Å². The van der Waals surface area contributed by atoms with Crippen molar-refractivity contribution >= 4 is 5.82 Å². The molecule has 0 atom stereocenters. The van der Waals surface area contributed by atoms with Crippen LogP contribution < -0.4 is 5.32 Å². The quantitative estimate of drug-likeness (QED) is 0.884. The van der Waals surface area contributed by atoms with Gasteiger partial charge in [-0.3, -0.25) is 0 Å². The van der Waals surface area contributed by atoms with Crippen LogP contribution in [-0.4, -0.2) is 60.6 Å². The Bertz CT molecular complexity index is 597. The summed E-state index contributed by atoms with van der Waals surface area (Å²) in [7, 11) is 0. The van der Waals surface area contributed by atoms with E-state index in [9.17, 15) is 0 Å². The number of rotatable bonds is 6. The number of benzene rings is 1. The minimum Gasteiger partial charge on any atom is -0.369 e. The number of aromatic nitrogens is 1. The van der Waals surface area contributed by atoms with Crippen LogP contribution in [0.4, 0.5) is 5.82 Å². The lowest BCUT2D eigenvalue weighted by Crippen LogP contribution is -2.33. The van der Waals surface area contributed by atoms with Crippen LogP contribution in [0.5, 0.6) is 0 Å². The molecule has 0 unspecified atom stereocenters. The minimum absolute atomic E-state index is 0.948. The van der Waals surface area contributed by atoms with E-state index < -0.39 is 0 Å². The molecule has 0 spiro atoms.